The molecule has 2 heterocycles. The number of hydrogen-bond donors (Lipinski definition) is 1. The Hall–Kier alpha value is -2.49. The van der Waals surface area contributed by atoms with Crippen LogP contribution in [0.15, 0.2) is 42.5 Å². The number of nitrogens with zero attached hydrogens (tertiary/aromatic N) is 1. The van der Waals surface area contributed by atoms with E-state index in [0.717, 1.165) is 29.2 Å². The Bertz CT molecular complexity index is 726. The van der Waals surface area contributed by atoms with Gasteiger partial charge in [0, 0.05) is 12.1 Å². The fraction of sp³-hybridized carbons (Fsp3) is 0.235. The van der Waals surface area contributed by atoms with E-state index in [4.69, 9.17) is 4.74 Å². The largest absolute Gasteiger partial charge is 0.492 e. The molecule has 2 aliphatic heterocycles. The Morgan fingerprint density at radius 1 is 1.19 bits per heavy atom. The first-order valence-electron chi connectivity index (χ1n) is 7.23. The molecule has 0 spiro atoms. The summed E-state index contributed by atoms with van der Waals surface area (Å²) in [5.41, 5.74) is 4.12. The molecule has 2 aromatic carbocycles. The molecule has 4 rings (SSSR count). The van der Waals surface area contributed by atoms with E-state index in [9.17, 15) is 4.79 Å². The van der Waals surface area contributed by atoms with Crippen molar-refractivity contribution in [3.8, 4) is 5.75 Å². The smallest absolute Gasteiger partial charge is 0.247 e. The molecule has 2 aromatic rings. The summed E-state index contributed by atoms with van der Waals surface area (Å²) in [6, 6.07) is 13.9. The summed E-state index contributed by atoms with van der Waals surface area (Å²) in [7, 11) is 0. The van der Waals surface area contributed by atoms with Crippen LogP contribution in [0.2, 0.25) is 0 Å². The van der Waals surface area contributed by atoms with E-state index >= 15 is 0 Å². The second kappa shape index (κ2) is 4.52. The number of benzene rings is 2. The highest BCUT2D eigenvalue weighted by molar-refractivity contribution is 6.08. The van der Waals surface area contributed by atoms with Gasteiger partial charge in [-0.05, 0) is 30.7 Å². The molecule has 1 atom stereocenters. The molecule has 0 bridgehead atoms. The number of anilines is 3. The van der Waals surface area contributed by atoms with Crippen molar-refractivity contribution in [3.05, 3.63) is 48.0 Å². The predicted octanol–water partition coefficient (Wildman–Crippen LogP) is 3.10. The highest BCUT2D eigenvalue weighted by atomic mass is 16.5. The van der Waals surface area contributed by atoms with E-state index < -0.39 is 0 Å². The number of amides is 1. The molecule has 21 heavy (non-hydrogen) atoms. The van der Waals surface area contributed by atoms with Crippen molar-refractivity contribution in [2.75, 3.05) is 16.8 Å². The zero-order valence-electron chi connectivity index (χ0n) is 11.8. The second-order valence-corrected chi connectivity index (χ2v) is 5.29. The van der Waals surface area contributed by atoms with Crippen LogP contribution in [0.4, 0.5) is 17.1 Å². The van der Waals surface area contributed by atoms with Gasteiger partial charge in [-0.15, -0.1) is 0 Å². The van der Waals surface area contributed by atoms with Crippen molar-refractivity contribution in [1.82, 2.24) is 0 Å². The molecule has 0 aliphatic carbocycles. The van der Waals surface area contributed by atoms with Crippen molar-refractivity contribution in [2.45, 2.75) is 19.4 Å². The van der Waals surface area contributed by atoms with Crippen molar-refractivity contribution in [3.63, 3.8) is 0 Å². The van der Waals surface area contributed by atoms with Gasteiger partial charge in [0.1, 0.15) is 17.5 Å². The first-order valence-corrected chi connectivity index (χ1v) is 7.23. The van der Waals surface area contributed by atoms with Gasteiger partial charge in [-0.25, -0.2) is 0 Å². The fourth-order valence-electron chi connectivity index (χ4n) is 3.22. The lowest BCUT2D eigenvalue weighted by molar-refractivity contribution is -0.117. The molecule has 4 heteroatoms. The first kappa shape index (κ1) is 12.3. The van der Waals surface area contributed by atoms with Crippen LogP contribution in [-0.4, -0.2) is 18.6 Å². The van der Waals surface area contributed by atoms with Crippen LogP contribution >= 0.6 is 0 Å². The summed E-state index contributed by atoms with van der Waals surface area (Å²) < 4.78 is 5.65. The maximum absolute atomic E-state index is 12.5. The minimum atomic E-state index is -0.160. The summed E-state index contributed by atoms with van der Waals surface area (Å²) in [5.74, 6) is 0.761. The summed E-state index contributed by atoms with van der Waals surface area (Å²) >= 11 is 0. The molecule has 0 radical (unpaired) electrons. The lowest BCUT2D eigenvalue weighted by Gasteiger charge is -2.34. The van der Waals surface area contributed by atoms with Crippen LogP contribution in [0.3, 0.4) is 0 Å². The van der Waals surface area contributed by atoms with Gasteiger partial charge >= 0.3 is 0 Å². The van der Waals surface area contributed by atoms with Crippen LogP contribution in [-0.2, 0) is 11.2 Å². The third-order valence-electron chi connectivity index (χ3n) is 4.09. The summed E-state index contributed by atoms with van der Waals surface area (Å²) in [6.45, 7) is 2.52. The van der Waals surface area contributed by atoms with Gasteiger partial charge in [-0.1, -0.05) is 24.3 Å². The zero-order chi connectivity index (χ0) is 14.4. The minimum Gasteiger partial charge on any atom is -0.492 e. The van der Waals surface area contributed by atoms with E-state index in [1.807, 2.05) is 37.3 Å². The van der Waals surface area contributed by atoms with Crippen molar-refractivity contribution in [1.29, 1.82) is 0 Å². The first-order chi connectivity index (χ1) is 10.3. The van der Waals surface area contributed by atoms with E-state index in [1.54, 1.807) is 0 Å². The normalized spacial score (nSPS) is 18.6. The fourth-order valence-corrected chi connectivity index (χ4v) is 3.22. The highest BCUT2D eigenvalue weighted by Gasteiger charge is 2.40. The summed E-state index contributed by atoms with van der Waals surface area (Å²) in [5, 5.41) is 3.01. The lowest BCUT2D eigenvalue weighted by atomic mass is 10.1. The van der Waals surface area contributed by atoms with Crippen LogP contribution in [0, 0.1) is 0 Å². The molecule has 1 unspecified atom stereocenters. The molecular formula is C17H16N2O2. The van der Waals surface area contributed by atoms with Gasteiger partial charge in [-0.2, -0.15) is 0 Å². The van der Waals surface area contributed by atoms with Crippen LogP contribution < -0.4 is 15.0 Å². The van der Waals surface area contributed by atoms with Crippen LogP contribution in [0.1, 0.15) is 12.5 Å². The Morgan fingerprint density at radius 3 is 2.86 bits per heavy atom. The average Bonchev–Trinajstić information content (AvgIpc) is 2.89. The monoisotopic (exact) mass is 280 g/mol. The Kier molecular flexibility index (Phi) is 2.64. The molecule has 106 valence electrons. The predicted molar refractivity (Wildman–Crippen MR) is 82.3 cm³/mol. The van der Waals surface area contributed by atoms with Crippen molar-refractivity contribution >= 4 is 23.0 Å². The minimum absolute atomic E-state index is 0.0332. The van der Waals surface area contributed by atoms with E-state index in [0.29, 0.717) is 6.61 Å². The Labute approximate surface area is 123 Å². The Morgan fingerprint density at radius 2 is 2.00 bits per heavy atom. The van der Waals surface area contributed by atoms with E-state index in [-0.39, 0.29) is 11.9 Å². The zero-order valence-corrected chi connectivity index (χ0v) is 11.8. The van der Waals surface area contributed by atoms with Gasteiger partial charge in [0.2, 0.25) is 5.91 Å². The molecule has 0 saturated heterocycles. The second-order valence-electron chi connectivity index (χ2n) is 5.29. The summed E-state index contributed by atoms with van der Waals surface area (Å²) in [6.07, 6.45) is 0.750. The maximum atomic E-state index is 12.5. The lowest BCUT2D eigenvalue weighted by Crippen LogP contribution is -2.43. The number of carbonyl (C=O) groups is 1. The van der Waals surface area contributed by atoms with Gasteiger partial charge in [-0.3, -0.25) is 4.79 Å². The van der Waals surface area contributed by atoms with Gasteiger partial charge in [0.15, 0.2) is 0 Å². The van der Waals surface area contributed by atoms with Gasteiger partial charge in [0.05, 0.1) is 12.3 Å². The van der Waals surface area contributed by atoms with Crippen molar-refractivity contribution in [2.24, 2.45) is 0 Å². The SMILES string of the molecule is CCOc1cccc2c1NC(=O)C1Cc3ccccc3N21. The molecule has 1 N–H and O–H groups in total. The average molecular weight is 280 g/mol. The number of fused-ring (bicyclic) bond motifs is 5. The number of hydrogen-bond acceptors (Lipinski definition) is 3. The van der Waals surface area contributed by atoms with Crippen LogP contribution in [0.25, 0.3) is 0 Å². The number of carbonyl (C=O) groups excluding carboxylic acids is 1. The standard InChI is InChI=1S/C17H16N2O2/c1-2-21-15-9-5-8-13-16(15)18-17(20)14-10-11-6-3-4-7-12(11)19(13)14/h3-9,14H,2,10H2,1H3,(H,18,20). The molecule has 2 aliphatic rings. The third-order valence-corrected chi connectivity index (χ3v) is 4.09. The van der Waals surface area contributed by atoms with E-state index in [1.165, 1.54) is 5.56 Å². The summed E-state index contributed by atoms with van der Waals surface area (Å²) in [4.78, 5) is 14.6. The van der Waals surface area contributed by atoms with Crippen LogP contribution in [0.5, 0.6) is 5.75 Å². The molecular weight excluding hydrogens is 264 g/mol. The topological polar surface area (TPSA) is 41.6 Å². The quantitative estimate of drug-likeness (QED) is 0.919. The molecule has 0 aromatic heterocycles. The molecule has 0 fully saturated rings. The number of rotatable bonds is 2. The number of para-hydroxylation sites is 2. The number of nitrogens with one attached hydrogen (secondary N) is 1. The highest BCUT2D eigenvalue weighted by Crippen LogP contribution is 2.47. The van der Waals surface area contributed by atoms with Gasteiger partial charge < -0.3 is 15.0 Å². The molecule has 4 nitrogen and oxygen atoms in total. The van der Waals surface area contributed by atoms with E-state index in [2.05, 4.69) is 22.3 Å². The molecule has 0 saturated carbocycles. The maximum Gasteiger partial charge on any atom is 0.247 e. The third kappa shape index (κ3) is 1.72. The Balaban J connectivity index is 1.90. The van der Waals surface area contributed by atoms with Gasteiger partial charge in [0.25, 0.3) is 0 Å². The van der Waals surface area contributed by atoms with Crippen molar-refractivity contribution < 1.29 is 9.53 Å². The molecule has 1 amide bonds. The number of ether oxygens (including phenoxy) is 1.